The van der Waals surface area contributed by atoms with E-state index in [1.54, 1.807) is 24.4 Å². The molecule has 1 amide bonds. The number of benzene rings is 1. The number of nitrogens with zero attached hydrogens (tertiary/aromatic N) is 3. The highest BCUT2D eigenvalue weighted by molar-refractivity contribution is 5.78. The number of fused-ring (bicyclic) bond motifs is 1. The Morgan fingerprint density at radius 1 is 1.22 bits per heavy atom. The zero-order valence-corrected chi connectivity index (χ0v) is 18.6. The van der Waals surface area contributed by atoms with Crippen molar-refractivity contribution >= 4 is 23.0 Å². The molecule has 8 nitrogen and oxygen atoms in total. The zero-order chi connectivity index (χ0) is 22.7. The lowest BCUT2D eigenvalue weighted by atomic mass is 9.98. The van der Waals surface area contributed by atoms with Crippen LogP contribution >= 0.6 is 0 Å². The maximum Gasteiger partial charge on any atom is 0.407 e. The Balaban J connectivity index is 1.40. The average Bonchev–Trinajstić information content (AvgIpc) is 2.77. The molecule has 3 heterocycles. The van der Waals surface area contributed by atoms with Crippen molar-refractivity contribution in [2.24, 2.45) is 5.92 Å². The minimum absolute atomic E-state index is 0.0988. The van der Waals surface area contributed by atoms with Crippen LogP contribution in [0.4, 0.5) is 10.7 Å². The number of ether oxygens (including phenoxy) is 1. The minimum atomic E-state index is -0.382. The Bertz CT molecular complexity index is 1160. The Hall–Kier alpha value is -3.42. The summed E-state index contributed by atoms with van der Waals surface area (Å²) in [6.45, 7) is 7.69. The number of carbonyl (C=O) groups excluding carboxylic acids is 1. The number of nitrogens with one attached hydrogen (secondary N) is 1. The van der Waals surface area contributed by atoms with Crippen LogP contribution in [0.15, 0.2) is 51.8 Å². The molecule has 2 aromatic heterocycles. The van der Waals surface area contributed by atoms with E-state index in [9.17, 15) is 9.59 Å². The van der Waals surface area contributed by atoms with Crippen molar-refractivity contribution in [3.05, 3.63) is 52.8 Å². The Kier molecular flexibility index (Phi) is 6.12. The van der Waals surface area contributed by atoms with E-state index in [2.05, 4.69) is 20.2 Å². The number of carbonyl (C=O) groups is 1. The molecule has 0 spiro atoms. The quantitative estimate of drug-likeness (QED) is 0.660. The smallest absolute Gasteiger partial charge is 0.407 e. The van der Waals surface area contributed by atoms with E-state index in [-0.39, 0.29) is 17.1 Å². The monoisotopic (exact) mass is 436 g/mol. The molecule has 0 unspecified atom stereocenters. The van der Waals surface area contributed by atoms with Crippen LogP contribution in [0, 0.1) is 5.92 Å². The third kappa shape index (κ3) is 5.25. The van der Waals surface area contributed by atoms with Gasteiger partial charge < -0.3 is 19.4 Å². The third-order valence-electron chi connectivity index (χ3n) is 5.35. The van der Waals surface area contributed by atoms with Gasteiger partial charge in [-0.1, -0.05) is 12.1 Å². The molecule has 1 saturated heterocycles. The van der Waals surface area contributed by atoms with Crippen molar-refractivity contribution in [1.82, 2.24) is 15.3 Å². The van der Waals surface area contributed by atoms with Crippen molar-refractivity contribution in [2.75, 3.05) is 24.6 Å². The van der Waals surface area contributed by atoms with E-state index < -0.39 is 0 Å². The van der Waals surface area contributed by atoms with Crippen LogP contribution in [0.3, 0.4) is 0 Å². The van der Waals surface area contributed by atoms with Gasteiger partial charge in [-0.05, 0) is 57.7 Å². The molecule has 0 atom stereocenters. The Labute approximate surface area is 186 Å². The van der Waals surface area contributed by atoms with Gasteiger partial charge in [-0.3, -0.25) is 4.79 Å². The number of hydrogen-bond acceptors (Lipinski definition) is 7. The standard InChI is InChI=1S/C24H28N4O4/c1-24(2,3)27-23(30)31-15-16-9-12-28(13-10-16)22-25-11-8-18(26-22)21-14-19(29)17-6-4-5-7-20(17)32-21/h4-8,11,14,16H,9-10,12-13,15H2,1-3H3,(H,27,30). The van der Waals surface area contributed by atoms with Crippen LogP contribution in [0.1, 0.15) is 33.6 Å². The molecule has 3 aromatic rings. The van der Waals surface area contributed by atoms with Crippen LogP contribution in [0.5, 0.6) is 0 Å². The van der Waals surface area contributed by atoms with Crippen LogP contribution in [0.2, 0.25) is 0 Å². The highest BCUT2D eigenvalue weighted by atomic mass is 16.5. The Morgan fingerprint density at radius 3 is 2.72 bits per heavy atom. The van der Waals surface area contributed by atoms with Gasteiger partial charge in [-0.2, -0.15) is 0 Å². The second kappa shape index (κ2) is 8.98. The Morgan fingerprint density at radius 2 is 1.97 bits per heavy atom. The molecule has 4 rings (SSSR count). The molecular weight excluding hydrogens is 408 g/mol. The summed E-state index contributed by atoms with van der Waals surface area (Å²) in [5.74, 6) is 1.33. The molecule has 8 heteroatoms. The molecule has 32 heavy (non-hydrogen) atoms. The van der Waals surface area contributed by atoms with Crippen molar-refractivity contribution in [3.63, 3.8) is 0 Å². The summed E-state index contributed by atoms with van der Waals surface area (Å²) in [5, 5.41) is 3.35. The summed E-state index contributed by atoms with van der Waals surface area (Å²) in [7, 11) is 0. The van der Waals surface area contributed by atoms with E-state index in [4.69, 9.17) is 9.15 Å². The van der Waals surface area contributed by atoms with Gasteiger partial charge in [0.05, 0.1) is 12.0 Å². The molecule has 1 N–H and O–H groups in total. The van der Waals surface area contributed by atoms with Gasteiger partial charge in [-0.15, -0.1) is 0 Å². The first-order valence-corrected chi connectivity index (χ1v) is 10.8. The number of anilines is 1. The van der Waals surface area contributed by atoms with Gasteiger partial charge >= 0.3 is 6.09 Å². The predicted octanol–water partition coefficient (Wildman–Crippen LogP) is 3.99. The van der Waals surface area contributed by atoms with Gasteiger partial charge in [0.1, 0.15) is 11.3 Å². The van der Waals surface area contributed by atoms with Crippen LogP contribution in [-0.2, 0) is 4.74 Å². The average molecular weight is 437 g/mol. The molecule has 1 aliphatic heterocycles. The molecular formula is C24H28N4O4. The lowest BCUT2D eigenvalue weighted by Crippen LogP contribution is -2.42. The molecule has 0 aliphatic carbocycles. The number of hydrogen-bond donors (Lipinski definition) is 1. The molecule has 0 bridgehead atoms. The lowest BCUT2D eigenvalue weighted by molar-refractivity contribution is 0.113. The second-order valence-corrected chi connectivity index (χ2v) is 9.12. The number of alkyl carbamates (subject to hydrolysis) is 1. The number of amides is 1. The largest absolute Gasteiger partial charge is 0.454 e. The maximum atomic E-state index is 12.4. The first kappa shape index (κ1) is 21.8. The van der Waals surface area contributed by atoms with E-state index in [0.29, 0.717) is 40.9 Å². The first-order valence-electron chi connectivity index (χ1n) is 10.8. The van der Waals surface area contributed by atoms with E-state index >= 15 is 0 Å². The molecule has 0 radical (unpaired) electrons. The van der Waals surface area contributed by atoms with Gasteiger partial charge in [0, 0.05) is 30.9 Å². The second-order valence-electron chi connectivity index (χ2n) is 9.12. The van der Waals surface area contributed by atoms with Crippen LogP contribution in [0.25, 0.3) is 22.4 Å². The number of piperidine rings is 1. The summed E-state index contributed by atoms with van der Waals surface area (Å²) >= 11 is 0. The van der Waals surface area contributed by atoms with Crippen molar-refractivity contribution in [1.29, 1.82) is 0 Å². The number of rotatable bonds is 4. The highest BCUT2D eigenvalue weighted by Crippen LogP contribution is 2.25. The fourth-order valence-electron chi connectivity index (χ4n) is 3.70. The predicted molar refractivity (Wildman–Crippen MR) is 123 cm³/mol. The van der Waals surface area contributed by atoms with E-state index in [1.807, 2.05) is 32.9 Å². The van der Waals surface area contributed by atoms with Gasteiger partial charge in [-0.25, -0.2) is 14.8 Å². The summed E-state index contributed by atoms with van der Waals surface area (Å²) in [5.41, 5.74) is 0.694. The molecule has 168 valence electrons. The lowest BCUT2D eigenvalue weighted by Gasteiger charge is -2.32. The molecule has 1 aliphatic rings. The van der Waals surface area contributed by atoms with Crippen molar-refractivity contribution in [3.8, 4) is 11.5 Å². The topological polar surface area (TPSA) is 97.6 Å². The normalized spacial score (nSPS) is 15.0. The molecule has 1 aromatic carbocycles. The van der Waals surface area contributed by atoms with Gasteiger partial charge in [0.15, 0.2) is 11.2 Å². The molecule has 0 saturated carbocycles. The highest BCUT2D eigenvalue weighted by Gasteiger charge is 2.23. The molecule has 1 fully saturated rings. The van der Waals surface area contributed by atoms with Crippen molar-refractivity contribution < 1.29 is 13.9 Å². The van der Waals surface area contributed by atoms with E-state index in [1.165, 1.54) is 6.07 Å². The SMILES string of the molecule is CC(C)(C)NC(=O)OCC1CCN(c2nccc(-c3cc(=O)c4ccccc4o3)n2)CC1. The summed E-state index contributed by atoms with van der Waals surface area (Å²) < 4.78 is 11.3. The van der Waals surface area contributed by atoms with Gasteiger partial charge in [0.2, 0.25) is 5.95 Å². The zero-order valence-electron chi connectivity index (χ0n) is 18.6. The summed E-state index contributed by atoms with van der Waals surface area (Å²) in [6.07, 6.45) is 3.05. The maximum absolute atomic E-state index is 12.4. The van der Waals surface area contributed by atoms with Crippen molar-refractivity contribution in [2.45, 2.75) is 39.2 Å². The van der Waals surface area contributed by atoms with E-state index in [0.717, 1.165) is 25.9 Å². The van der Waals surface area contributed by atoms with Crippen LogP contribution in [-0.4, -0.2) is 41.3 Å². The summed E-state index contributed by atoms with van der Waals surface area (Å²) in [6, 6.07) is 10.4. The summed E-state index contributed by atoms with van der Waals surface area (Å²) in [4.78, 5) is 35.5. The fraction of sp³-hybridized carbons (Fsp3) is 0.417. The fourth-order valence-corrected chi connectivity index (χ4v) is 3.70. The first-order chi connectivity index (χ1) is 15.3. The number of aromatic nitrogens is 2. The third-order valence-corrected chi connectivity index (χ3v) is 5.35. The van der Waals surface area contributed by atoms with Crippen LogP contribution < -0.4 is 15.6 Å². The number of para-hydroxylation sites is 1. The minimum Gasteiger partial charge on any atom is -0.454 e. The van der Waals surface area contributed by atoms with Gasteiger partial charge in [0.25, 0.3) is 0 Å².